The van der Waals surface area contributed by atoms with E-state index in [1.165, 1.54) is 11.4 Å². The Morgan fingerprint density at radius 2 is 2.07 bits per heavy atom. The molecule has 0 spiro atoms. The van der Waals surface area contributed by atoms with Gasteiger partial charge in [-0.3, -0.25) is 0 Å². The van der Waals surface area contributed by atoms with Crippen LogP contribution in [0, 0.1) is 12.3 Å². The molecule has 0 aromatic heterocycles. The van der Waals surface area contributed by atoms with Crippen molar-refractivity contribution in [3.63, 3.8) is 0 Å². The summed E-state index contributed by atoms with van der Waals surface area (Å²) >= 11 is 0. The monoisotopic (exact) mass is 232 g/mol. The minimum atomic E-state index is -3.16. The second-order valence-corrected chi connectivity index (χ2v) is 5.58. The zero-order valence-electron chi connectivity index (χ0n) is 9.49. The van der Waals surface area contributed by atoms with Crippen molar-refractivity contribution < 1.29 is 8.42 Å². The zero-order valence-corrected chi connectivity index (χ0v) is 10.3. The predicted octanol–water partition coefficient (Wildman–Crippen LogP) is 0.271. The summed E-state index contributed by atoms with van der Waals surface area (Å²) in [5.41, 5.74) is 0. The Morgan fingerprint density at radius 3 is 2.60 bits per heavy atom. The van der Waals surface area contributed by atoms with Crippen LogP contribution in [0.15, 0.2) is 0 Å². The SMILES string of the molecule is C#CCN(C)S(=O)(=O)CCCNCCC. The maximum absolute atomic E-state index is 11.6. The molecule has 0 bridgehead atoms. The van der Waals surface area contributed by atoms with Crippen LogP contribution in [0.25, 0.3) is 0 Å². The molecule has 88 valence electrons. The molecule has 0 unspecified atom stereocenters. The summed E-state index contributed by atoms with van der Waals surface area (Å²) in [7, 11) is -1.65. The van der Waals surface area contributed by atoms with E-state index in [2.05, 4.69) is 18.2 Å². The van der Waals surface area contributed by atoms with Gasteiger partial charge in [0.2, 0.25) is 10.0 Å². The first kappa shape index (κ1) is 14.4. The highest BCUT2D eigenvalue weighted by Gasteiger charge is 2.15. The fraction of sp³-hybridized carbons (Fsp3) is 0.800. The standard InChI is InChI=1S/C10H20N2O2S/c1-4-7-11-8-6-10-15(13,14)12(3)9-5-2/h2,11H,4,6-10H2,1,3H3. The van der Waals surface area contributed by atoms with E-state index in [0.717, 1.165) is 19.5 Å². The highest BCUT2D eigenvalue weighted by Crippen LogP contribution is 1.98. The number of nitrogens with one attached hydrogen (secondary N) is 1. The molecule has 0 amide bonds. The average molecular weight is 232 g/mol. The van der Waals surface area contributed by atoms with Crippen LogP contribution in [0.5, 0.6) is 0 Å². The van der Waals surface area contributed by atoms with Crippen LogP contribution in [0.2, 0.25) is 0 Å². The molecule has 0 radical (unpaired) electrons. The van der Waals surface area contributed by atoms with E-state index in [-0.39, 0.29) is 12.3 Å². The first-order valence-electron chi connectivity index (χ1n) is 5.12. The molecular formula is C10H20N2O2S. The maximum Gasteiger partial charge on any atom is 0.214 e. The number of hydrogen-bond acceptors (Lipinski definition) is 3. The van der Waals surface area contributed by atoms with Crippen molar-refractivity contribution in [1.82, 2.24) is 9.62 Å². The molecule has 0 rings (SSSR count). The van der Waals surface area contributed by atoms with Crippen molar-refractivity contribution in [3.8, 4) is 12.3 Å². The van der Waals surface area contributed by atoms with Gasteiger partial charge in [0.05, 0.1) is 12.3 Å². The summed E-state index contributed by atoms with van der Waals surface area (Å²) in [6.07, 6.45) is 6.73. The van der Waals surface area contributed by atoms with Crippen molar-refractivity contribution in [3.05, 3.63) is 0 Å². The molecule has 4 nitrogen and oxygen atoms in total. The number of rotatable bonds is 8. The summed E-state index contributed by atoms with van der Waals surface area (Å²) in [5.74, 6) is 2.47. The molecular weight excluding hydrogens is 212 g/mol. The molecule has 0 atom stereocenters. The van der Waals surface area contributed by atoms with E-state index in [9.17, 15) is 8.42 Å². The summed E-state index contributed by atoms with van der Waals surface area (Å²) in [6.45, 7) is 3.88. The maximum atomic E-state index is 11.6. The van der Waals surface area contributed by atoms with Crippen LogP contribution in [0.4, 0.5) is 0 Å². The van der Waals surface area contributed by atoms with Gasteiger partial charge >= 0.3 is 0 Å². The van der Waals surface area contributed by atoms with Gasteiger partial charge in [-0.15, -0.1) is 6.42 Å². The first-order chi connectivity index (χ1) is 7.04. The van der Waals surface area contributed by atoms with Gasteiger partial charge in [0.15, 0.2) is 0 Å². The van der Waals surface area contributed by atoms with Crippen LogP contribution in [0.1, 0.15) is 19.8 Å². The lowest BCUT2D eigenvalue weighted by Gasteiger charge is -2.13. The van der Waals surface area contributed by atoms with Crippen molar-refractivity contribution in [2.45, 2.75) is 19.8 Å². The fourth-order valence-electron chi connectivity index (χ4n) is 1.06. The number of sulfonamides is 1. The lowest BCUT2D eigenvalue weighted by atomic mass is 10.4. The third kappa shape index (κ3) is 6.50. The molecule has 0 heterocycles. The molecule has 0 aliphatic heterocycles. The van der Waals surface area contributed by atoms with E-state index in [1.54, 1.807) is 0 Å². The van der Waals surface area contributed by atoms with Gasteiger partial charge < -0.3 is 5.32 Å². The fourth-order valence-corrected chi connectivity index (χ4v) is 2.16. The van der Waals surface area contributed by atoms with Crippen molar-refractivity contribution in [1.29, 1.82) is 0 Å². The number of terminal acetylenes is 1. The highest BCUT2D eigenvalue weighted by atomic mass is 32.2. The topological polar surface area (TPSA) is 49.4 Å². The highest BCUT2D eigenvalue weighted by molar-refractivity contribution is 7.89. The lowest BCUT2D eigenvalue weighted by molar-refractivity contribution is 0.499. The molecule has 0 saturated heterocycles. The Hall–Kier alpha value is -0.570. The van der Waals surface area contributed by atoms with Crippen LogP contribution in [-0.2, 0) is 10.0 Å². The quantitative estimate of drug-likeness (QED) is 0.483. The first-order valence-corrected chi connectivity index (χ1v) is 6.73. The number of nitrogens with zero attached hydrogens (tertiary/aromatic N) is 1. The summed E-state index contributed by atoms with van der Waals surface area (Å²) in [6, 6.07) is 0. The lowest BCUT2D eigenvalue weighted by Crippen LogP contribution is -2.31. The molecule has 1 N–H and O–H groups in total. The Labute approximate surface area is 93.1 Å². The van der Waals surface area contributed by atoms with Gasteiger partial charge in [-0.05, 0) is 25.9 Å². The second kappa shape index (κ2) is 7.69. The molecule has 0 aliphatic carbocycles. The Morgan fingerprint density at radius 1 is 1.40 bits per heavy atom. The van der Waals surface area contributed by atoms with E-state index >= 15 is 0 Å². The van der Waals surface area contributed by atoms with E-state index in [1.807, 2.05) is 0 Å². The van der Waals surface area contributed by atoms with Crippen LogP contribution in [-0.4, -0.2) is 45.2 Å². The van der Waals surface area contributed by atoms with E-state index < -0.39 is 10.0 Å². The molecule has 0 aromatic rings. The molecule has 15 heavy (non-hydrogen) atoms. The molecule has 0 saturated carbocycles. The van der Waals surface area contributed by atoms with E-state index in [4.69, 9.17) is 6.42 Å². The number of hydrogen-bond donors (Lipinski definition) is 1. The van der Waals surface area contributed by atoms with E-state index in [0.29, 0.717) is 6.42 Å². The summed E-state index contributed by atoms with van der Waals surface area (Å²) in [5, 5.41) is 3.16. The Balaban J connectivity index is 3.80. The summed E-state index contributed by atoms with van der Waals surface area (Å²) < 4.78 is 24.3. The van der Waals surface area contributed by atoms with Gasteiger partial charge in [-0.25, -0.2) is 8.42 Å². The Kier molecular flexibility index (Phi) is 7.39. The van der Waals surface area contributed by atoms with Crippen molar-refractivity contribution in [2.75, 3.05) is 32.4 Å². The molecule has 0 aromatic carbocycles. The predicted molar refractivity (Wildman–Crippen MR) is 63.0 cm³/mol. The Bertz CT molecular complexity index is 293. The molecule has 0 fully saturated rings. The zero-order chi connectivity index (χ0) is 11.7. The minimum absolute atomic E-state index is 0.144. The molecule has 5 heteroatoms. The largest absolute Gasteiger partial charge is 0.317 e. The third-order valence-electron chi connectivity index (χ3n) is 1.97. The average Bonchev–Trinajstić information content (AvgIpc) is 2.18. The van der Waals surface area contributed by atoms with Gasteiger partial charge in [0.25, 0.3) is 0 Å². The second-order valence-electron chi connectivity index (χ2n) is 3.38. The minimum Gasteiger partial charge on any atom is -0.317 e. The van der Waals surface area contributed by atoms with Crippen molar-refractivity contribution in [2.24, 2.45) is 0 Å². The van der Waals surface area contributed by atoms with Crippen LogP contribution < -0.4 is 5.32 Å². The third-order valence-corrected chi connectivity index (χ3v) is 3.85. The normalized spacial score (nSPS) is 11.6. The van der Waals surface area contributed by atoms with Crippen LogP contribution >= 0.6 is 0 Å². The van der Waals surface area contributed by atoms with Gasteiger partial charge in [-0.2, -0.15) is 4.31 Å². The summed E-state index contributed by atoms with van der Waals surface area (Å²) in [4.78, 5) is 0. The van der Waals surface area contributed by atoms with Crippen molar-refractivity contribution >= 4 is 10.0 Å². The van der Waals surface area contributed by atoms with Gasteiger partial charge in [0, 0.05) is 7.05 Å². The van der Waals surface area contributed by atoms with Gasteiger partial charge in [-0.1, -0.05) is 12.8 Å². The van der Waals surface area contributed by atoms with Gasteiger partial charge in [0.1, 0.15) is 0 Å². The molecule has 0 aliphatic rings. The van der Waals surface area contributed by atoms with Crippen LogP contribution in [0.3, 0.4) is 0 Å². The smallest absolute Gasteiger partial charge is 0.214 e.